The van der Waals surface area contributed by atoms with Gasteiger partial charge >= 0.3 is 0 Å². The molecular weight excluding hydrogens is 556 g/mol. The van der Waals surface area contributed by atoms with Crippen molar-refractivity contribution in [3.05, 3.63) is 185 Å². The quantitative estimate of drug-likeness (QED) is 0.192. The third-order valence-corrected chi connectivity index (χ3v) is 10.3. The molecule has 3 aliphatic rings. The highest BCUT2D eigenvalue weighted by molar-refractivity contribution is 5.91. The third-order valence-electron chi connectivity index (χ3n) is 10.3. The smallest absolute Gasteiger partial charge is 0.0273 e. The Morgan fingerprint density at radius 1 is 0.696 bits per heavy atom. The first kappa shape index (κ1) is 28.4. The van der Waals surface area contributed by atoms with Crippen molar-refractivity contribution < 1.29 is 0 Å². The molecular formula is C44H38N2. The lowest BCUT2D eigenvalue weighted by Crippen LogP contribution is -2.28. The van der Waals surface area contributed by atoms with Crippen LogP contribution in [0.25, 0.3) is 22.3 Å². The summed E-state index contributed by atoms with van der Waals surface area (Å²) in [5.74, 6) is 1.47. The molecule has 2 nitrogen and oxygen atoms in total. The second kappa shape index (κ2) is 12.4. The zero-order valence-electron chi connectivity index (χ0n) is 26.3. The van der Waals surface area contributed by atoms with E-state index in [9.17, 15) is 0 Å². The Bertz CT molecular complexity index is 2000. The molecule has 0 saturated carbocycles. The maximum Gasteiger partial charge on any atom is 0.0273 e. The molecule has 0 spiro atoms. The highest BCUT2D eigenvalue weighted by Crippen LogP contribution is 2.55. The second-order valence-corrected chi connectivity index (χ2v) is 12.8. The Hall–Kier alpha value is -5.08. The average molecular weight is 595 g/mol. The summed E-state index contributed by atoms with van der Waals surface area (Å²) in [6, 6.07) is 43.0. The van der Waals surface area contributed by atoms with Gasteiger partial charge in [-0.2, -0.15) is 0 Å². The van der Waals surface area contributed by atoms with Crippen LogP contribution in [0.4, 0.5) is 0 Å². The van der Waals surface area contributed by atoms with Crippen LogP contribution in [0, 0.1) is 11.8 Å². The zero-order chi connectivity index (χ0) is 30.9. The molecule has 0 fully saturated rings. The summed E-state index contributed by atoms with van der Waals surface area (Å²) in [5, 5.41) is 0. The van der Waals surface area contributed by atoms with Crippen molar-refractivity contribution >= 4 is 17.4 Å². The number of nitrogens with zero attached hydrogens (tertiary/aromatic N) is 2. The Kier molecular flexibility index (Phi) is 7.64. The molecule has 4 unspecified atom stereocenters. The van der Waals surface area contributed by atoms with E-state index in [1.54, 1.807) is 0 Å². The van der Waals surface area contributed by atoms with Crippen molar-refractivity contribution in [3.8, 4) is 11.1 Å². The molecule has 1 aromatic heterocycles. The number of allylic oxidation sites excluding steroid dienone is 4. The van der Waals surface area contributed by atoms with Crippen molar-refractivity contribution in [3.63, 3.8) is 0 Å². The van der Waals surface area contributed by atoms with Gasteiger partial charge in [0.15, 0.2) is 0 Å². The van der Waals surface area contributed by atoms with Gasteiger partial charge in [0.2, 0.25) is 0 Å². The van der Waals surface area contributed by atoms with Crippen LogP contribution in [0.1, 0.15) is 71.4 Å². The Morgan fingerprint density at radius 2 is 1.43 bits per heavy atom. The summed E-state index contributed by atoms with van der Waals surface area (Å²) in [6.07, 6.45) is 15.8. The molecule has 2 heteroatoms. The summed E-state index contributed by atoms with van der Waals surface area (Å²) >= 11 is 0. The van der Waals surface area contributed by atoms with E-state index in [-0.39, 0.29) is 5.92 Å². The average Bonchev–Trinajstić information content (AvgIpc) is 3.14. The third kappa shape index (κ3) is 5.18. The van der Waals surface area contributed by atoms with Crippen LogP contribution in [-0.2, 0) is 0 Å². The van der Waals surface area contributed by atoms with Gasteiger partial charge in [0.1, 0.15) is 0 Å². The lowest BCUT2D eigenvalue weighted by molar-refractivity contribution is 0.418. The van der Waals surface area contributed by atoms with Crippen LogP contribution in [0.2, 0.25) is 0 Å². The second-order valence-electron chi connectivity index (χ2n) is 12.8. The Morgan fingerprint density at radius 3 is 2.24 bits per heavy atom. The molecule has 46 heavy (non-hydrogen) atoms. The van der Waals surface area contributed by atoms with Crippen molar-refractivity contribution in [1.29, 1.82) is 0 Å². The van der Waals surface area contributed by atoms with E-state index in [0.717, 1.165) is 19.3 Å². The van der Waals surface area contributed by atoms with Gasteiger partial charge in [-0.25, -0.2) is 0 Å². The van der Waals surface area contributed by atoms with Gasteiger partial charge in [-0.1, -0.05) is 122 Å². The van der Waals surface area contributed by atoms with E-state index < -0.39 is 0 Å². The fraction of sp³-hybridized carbons (Fsp3) is 0.182. The molecule has 5 aromatic rings. The molecule has 4 atom stereocenters. The van der Waals surface area contributed by atoms with Crippen molar-refractivity contribution in [2.45, 2.75) is 38.0 Å². The number of fused-ring (bicyclic) bond motifs is 2. The molecule has 8 rings (SSSR count). The molecule has 0 bridgehead atoms. The number of hydrogen-bond donors (Lipinski definition) is 0. The number of rotatable bonds is 6. The van der Waals surface area contributed by atoms with Gasteiger partial charge in [-0.3, -0.25) is 9.98 Å². The van der Waals surface area contributed by atoms with E-state index >= 15 is 0 Å². The van der Waals surface area contributed by atoms with Gasteiger partial charge in [0, 0.05) is 36.6 Å². The summed E-state index contributed by atoms with van der Waals surface area (Å²) < 4.78 is 0. The van der Waals surface area contributed by atoms with Gasteiger partial charge in [0.25, 0.3) is 0 Å². The van der Waals surface area contributed by atoms with Crippen LogP contribution in [0.3, 0.4) is 0 Å². The lowest BCUT2D eigenvalue weighted by Gasteiger charge is -2.42. The van der Waals surface area contributed by atoms with Crippen LogP contribution in [0.5, 0.6) is 0 Å². The van der Waals surface area contributed by atoms with E-state index in [1.165, 1.54) is 61.2 Å². The first-order chi connectivity index (χ1) is 22.8. The molecule has 0 saturated heterocycles. The van der Waals surface area contributed by atoms with Gasteiger partial charge in [-0.15, -0.1) is 0 Å². The lowest BCUT2D eigenvalue weighted by atomic mass is 9.61. The maximum absolute atomic E-state index is 4.34. The SMILES string of the molecule is CCC1CC2C(=C(c3cccc(C4C=CN=CC4)c3)c3ccccc3C2c2cccc(-c3ccncc3)c2)C=C1c1ccccc1. The Balaban J connectivity index is 1.36. The normalized spacial score (nSPS) is 21.8. The summed E-state index contributed by atoms with van der Waals surface area (Å²) in [4.78, 5) is 8.60. The Labute approximate surface area is 272 Å². The van der Waals surface area contributed by atoms with Gasteiger partial charge in [-0.05, 0) is 104 Å². The summed E-state index contributed by atoms with van der Waals surface area (Å²) in [5.41, 5.74) is 14.9. The first-order valence-corrected chi connectivity index (χ1v) is 16.7. The predicted molar refractivity (Wildman–Crippen MR) is 192 cm³/mol. The number of hydrogen-bond acceptors (Lipinski definition) is 2. The monoisotopic (exact) mass is 594 g/mol. The van der Waals surface area contributed by atoms with Crippen molar-refractivity contribution in [2.24, 2.45) is 16.8 Å². The van der Waals surface area contributed by atoms with Crippen LogP contribution < -0.4 is 0 Å². The summed E-state index contributed by atoms with van der Waals surface area (Å²) in [6.45, 7) is 2.36. The predicted octanol–water partition coefficient (Wildman–Crippen LogP) is 10.9. The zero-order valence-corrected chi connectivity index (χ0v) is 26.3. The number of benzene rings is 4. The number of aliphatic imine (C=N–C) groups is 1. The largest absolute Gasteiger partial charge is 0.269 e. The molecule has 224 valence electrons. The highest BCUT2D eigenvalue weighted by Gasteiger charge is 2.40. The maximum atomic E-state index is 4.34. The minimum absolute atomic E-state index is 0.264. The standard InChI is InChI=1S/C44H38N2/c1-2-30-28-41-42(29-40(30)33-10-4-3-5-11-33)44(37-15-9-13-35(27-37)32-20-24-46-25-21-32)39-17-7-6-16-38(39)43(41)36-14-8-12-34(26-36)31-18-22-45-23-19-31/h3-20,22-27,29-30,32,41,43H,2,21,28H2,1H3. The van der Waals surface area contributed by atoms with E-state index in [0.29, 0.717) is 17.8 Å². The topological polar surface area (TPSA) is 25.2 Å². The van der Waals surface area contributed by atoms with Crippen molar-refractivity contribution in [2.75, 3.05) is 0 Å². The molecule has 1 aliphatic heterocycles. The van der Waals surface area contributed by atoms with Gasteiger partial charge in [0.05, 0.1) is 0 Å². The first-order valence-electron chi connectivity index (χ1n) is 16.7. The van der Waals surface area contributed by atoms with E-state index in [1.807, 2.05) is 24.8 Å². The van der Waals surface area contributed by atoms with Crippen LogP contribution >= 0.6 is 0 Å². The molecule has 0 amide bonds. The van der Waals surface area contributed by atoms with Gasteiger partial charge < -0.3 is 0 Å². The molecule has 2 aliphatic carbocycles. The summed E-state index contributed by atoms with van der Waals surface area (Å²) in [7, 11) is 0. The minimum atomic E-state index is 0.264. The van der Waals surface area contributed by atoms with Crippen LogP contribution in [-0.4, -0.2) is 11.2 Å². The molecule has 0 N–H and O–H groups in total. The van der Waals surface area contributed by atoms with E-state index in [2.05, 4.69) is 144 Å². The fourth-order valence-electron chi connectivity index (χ4n) is 8.06. The van der Waals surface area contributed by atoms with Crippen molar-refractivity contribution in [1.82, 2.24) is 4.98 Å². The molecule has 0 radical (unpaired) electrons. The van der Waals surface area contributed by atoms with Crippen LogP contribution in [0.15, 0.2) is 157 Å². The minimum Gasteiger partial charge on any atom is -0.269 e. The molecule has 2 heterocycles. The number of aromatic nitrogens is 1. The number of pyridine rings is 1. The molecule has 4 aromatic carbocycles. The highest BCUT2D eigenvalue weighted by atomic mass is 14.7. The fourth-order valence-corrected chi connectivity index (χ4v) is 8.06. The van der Waals surface area contributed by atoms with E-state index in [4.69, 9.17) is 0 Å².